The van der Waals surface area contributed by atoms with Crippen LogP contribution in [0.4, 0.5) is 5.69 Å². The first kappa shape index (κ1) is 20.2. The van der Waals surface area contributed by atoms with Gasteiger partial charge in [-0.05, 0) is 49.1 Å². The monoisotopic (exact) mass is 417 g/mol. The zero-order valence-corrected chi connectivity index (χ0v) is 17.0. The Morgan fingerprint density at radius 2 is 1.96 bits per heavy atom. The molecule has 7 nitrogen and oxygen atoms in total. The normalized spacial score (nSPS) is 18.5. The van der Waals surface area contributed by atoms with Crippen molar-refractivity contribution in [2.75, 3.05) is 4.90 Å². The fraction of sp³-hybridized carbons (Fsp3) is 0.316. The van der Waals surface area contributed by atoms with E-state index in [0.717, 1.165) is 16.2 Å². The summed E-state index contributed by atoms with van der Waals surface area (Å²) in [4.78, 5) is 26.7. The van der Waals surface area contributed by atoms with E-state index in [2.05, 4.69) is 0 Å². The Balaban J connectivity index is 1.99. The fourth-order valence-electron chi connectivity index (χ4n) is 3.18. The topological polar surface area (TPSA) is 98.5 Å². The summed E-state index contributed by atoms with van der Waals surface area (Å²) in [6, 6.07) is 9.61. The molecule has 1 aliphatic heterocycles. The lowest BCUT2D eigenvalue weighted by atomic mass is 10.2. The van der Waals surface area contributed by atoms with Gasteiger partial charge in [-0.15, -0.1) is 11.3 Å². The minimum Gasteiger partial charge on any atom is -0.274 e. The quantitative estimate of drug-likeness (QED) is 0.673. The third kappa shape index (κ3) is 3.46. The zero-order chi connectivity index (χ0) is 20.5. The molecule has 1 fully saturated rings. The molecular formula is C19H19N3O4S2. The van der Waals surface area contributed by atoms with Crippen LogP contribution in [0.1, 0.15) is 32.3 Å². The van der Waals surface area contributed by atoms with E-state index in [1.54, 1.807) is 18.4 Å². The molecule has 1 aliphatic rings. The summed E-state index contributed by atoms with van der Waals surface area (Å²) in [5, 5.41) is 10.6. The van der Waals surface area contributed by atoms with E-state index >= 15 is 0 Å². The molecule has 28 heavy (non-hydrogen) atoms. The van der Waals surface area contributed by atoms with Crippen molar-refractivity contribution in [3.05, 3.63) is 47.3 Å². The Morgan fingerprint density at radius 1 is 1.29 bits per heavy atom. The van der Waals surface area contributed by atoms with Crippen LogP contribution in [0, 0.1) is 11.3 Å². The van der Waals surface area contributed by atoms with Gasteiger partial charge in [0.05, 0.1) is 23.7 Å². The maximum Gasteiger partial charge on any atom is 0.253 e. The minimum atomic E-state index is -3.92. The molecular weight excluding hydrogens is 398 g/mol. The molecule has 2 heterocycles. The van der Waals surface area contributed by atoms with Crippen molar-refractivity contribution in [3.63, 3.8) is 0 Å². The van der Waals surface area contributed by atoms with Gasteiger partial charge in [-0.3, -0.25) is 9.59 Å². The highest BCUT2D eigenvalue weighted by Crippen LogP contribution is 2.32. The highest BCUT2D eigenvalue weighted by atomic mass is 32.2. The Morgan fingerprint density at radius 3 is 2.50 bits per heavy atom. The molecule has 0 saturated carbocycles. The summed E-state index contributed by atoms with van der Waals surface area (Å²) in [5.41, 5.74) is 0.732. The van der Waals surface area contributed by atoms with Gasteiger partial charge >= 0.3 is 0 Å². The summed E-state index contributed by atoms with van der Waals surface area (Å²) >= 11 is 1.08. The van der Waals surface area contributed by atoms with E-state index in [4.69, 9.17) is 5.26 Å². The van der Waals surface area contributed by atoms with Gasteiger partial charge in [0.25, 0.3) is 15.9 Å². The number of rotatable bonds is 6. The number of thiophene rings is 1. The van der Waals surface area contributed by atoms with E-state index in [1.165, 1.54) is 34.6 Å². The highest BCUT2D eigenvalue weighted by molar-refractivity contribution is 7.91. The first-order chi connectivity index (χ1) is 13.3. The summed E-state index contributed by atoms with van der Waals surface area (Å²) in [5.74, 6) is -1.04. The molecule has 9 heteroatoms. The van der Waals surface area contributed by atoms with Crippen LogP contribution < -0.4 is 4.90 Å². The number of nitriles is 1. The second-order valence-electron chi connectivity index (χ2n) is 6.47. The lowest BCUT2D eigenvalue weighted by Gasteiger charge is -2.31. The lowest BCUT2D eigenvalue weighted by Crippen LogP contribution is -2.49. The number of hydrogen-bond donors (Lipinski definition) is 0. The maximum atomic E-state index is 13.2. The van der Waals surface area contributed by atoms with Gasteiger partial charge in [-0.1, -0.05) is 13.0 Å². The largest absolute Gasteiger partial charge is 0.274 e. The van der Waals surface area contributed by atoms with E-state index in [0.29, 0.717) is 17.7 Å². The molecule has 1 aromatic heterocycles. The molecule has 2 aromatic rings. The molecule has 0 radical (unpaired) electrons. The van der Waals surface area contributed by atoms with Crippen molar-refractivity contribution >= 4 is 38.9 Å². The average Bonchev–Trinajstić information content (AvgIpc) is 3.31. The molecule has 3 rings (SSSR count). The van der Waals surface area contributed by atoms with E-state index in [-0.39, 0.29) is 10.6 Å². The summed E-state index contributed by atoms with van der Waals surface area (Å²) in [7, 11) is -3.92. The number of imide groups is 1. The third-order valence-electron chi connectivity index (χ3n) is 4.74. The summed E-state index contributed by atoms with van der Waals surface area (Å²) < 4.78 is 27.7. The van der Waals surface area contributed by atoms with Crippen LogP contribution in [0.15, 0.2) is 46.0 Å². The molecule has 1 saturated heterocycles. The van der Waals surface area contributed by atoms with Gasteiger partial charge in [-0.2, -0.15) is 9.57 Å². The van der Waals surface area contributed by atoms with Crippen LogP contribution in [0.5, 0.6) is 0 Å². The number of amides is 2. The number of carbonyl (C=O) groups excluding carboxylic acids is 2. The average molecular weight is 418 g/mol. The number of anilines is 1. The maximum absolute atomic E-state index is 13.2. The van der Waals surface area contributed by atoms with Crippen LogP contribution in [0.25, 0.3) is 0 Å². The molecule has 0 bridgehead atoms. The van der Waals surface area contributed by atoms with E-state index < -0.39 is 33.9 Å². The molecule has 2 unspecified atom stereocenters. The van der Waals surface area contributed by atoms with Gasteiger partial charge in [0.15, 0.2) is 0 Å². The first-order valence-corrected chi connectivity index (χ1v) is 11.1. The van der Waals surface area contributed by atoms with Crippen LogP contribution in [0.2, 0.25) is 0 Å². The second kappa shape index (κ2) is 7.83. The van der Waals surface area contributed by atoms with Crippen molar-refractivity contribution < 1.29 is 18.0 Å². The number of sulfonamides is 1. The lowest BCUT2D eigenvalue weighted by molar-refractivity contribution is -0.122. The van der Waals surface area contributed by atoms with Crippen molar-refractivity contribution in [2.45, 2.75) is 43.0 Å². The Labute approximate surface area is 167 Å². The van der Waals surface area contributed by atoms with Crippen LogP contribution in [0.3, 0.4) is 0 Å². The molecule has 2 amide bonds. The van der Waals surface area contributed by atoms with Gasteiger partial charge in [0, 0.05) is 6.04 Å². The van der Waals surface area contributed by atoms with Gasteiger partial charge in [0.2, 0.25) is 5.91 Å². The Kier molecular flexibility index (Phi) is 5.65. The molecule has 1 aromatic carbocycles. The molecule has 0 spiro atoms. The van der Waals surface area contributed by atoms with E-state index in [1.807, 2.05) is 13.0 Å². The van der Waals surface area contributed by atoms with Crippen molar-refractivity contribution in [2.24, 2.45) is 0 Å². The number of nitrogens with zero attached hydrogens (tertiary/aromatic N) is 3. The van der Waals surface area contributed by atoms with Crippen molar-refractivity contribution in [1.82, 2.24) is 4.31 Å². The second-order valence-corrected chi connectivity index (χ2v) is 9.49. The first-order valence-electron chi connectivity index (χ1n) is 8.75. The number of hydrogen-bond acceptors (Lipinski definition) is 6. The SMILES string of the molecule is CCC(C)N(C1CC(=O)N(c2ccc(C#N)cc2)C1=O)S(=O)(=O)c1cccs1. The molecule has 0 N–H and O–H groups in total. The fourth-order valence-corrected chi connectivity index (χ4v) is 6.12. The van der Waals surface area contributed by atoms with Crippen LogP contribution in [-0.4, -0.2) is 36.6 Å². The Bertz CT molecular complexity index is 1020. The van der Waals surface area contributed by atoms with Crippen molar-refractivity contribution in [3.8, 4) is 6.07 Å². The Hall–Kier alpha value is -2.54. The molecule has 2 atom stereocenters. The minimum absolute atomic E-state index is 0.143. The predicted molar refractivity (Wildman–Crippen MR) is 105 cm³/mol. The van der Waals surface area contributed by atoms with Crippen LogP contribution >= 0.6 is 11.3 Å². The highest BCUT2D eigenvalue weighted by Gasteiger charge is 2.48. The third-order valence-corrected chi connectivity index (χ3v) is 8.13. The van der Waals surface area contributed by atoms with Gasteiger partial charge in [-0.25, -0.2) is 13.3 Å². The standard InChI is InChI=1S/C19H19N3O4S2/c1-3-13(2)22(28(25,26)18-5-4-10-27-18)16-11-17(23)21(19(16)24)15-8-6-14(12-20)7-9-15/h4-10,13,16H,3,11H2,1-2H3. The summed E-state index contributed by atoms with van der Waals surface area (Å²) in [6.45, 7) is 3.56. The van der Waals surface area contributed by atoms with Crippen molar-refractivity contribution in [1.29, 1.82) is 5.26 Å². The molecule has 0 aliphatic carbocycles. The van der Waals surface area contributed by atoms with E-state index in [9.17, 15) is 18.0 Å². The smallest absolute Gasteiger partial charge is 0.253 e. The van der Waals surface area contributed by atoms with Gasteiger partial charge < -0.3 is 0 Å². The van der Waals surface area contributed by atoms with Gasteiger partial charge in [0.1, 0.15) is 10.3 Å². The zero-order valence-electron chi connectivity index (χ0n) is 15.4. The van der Waals surface area contributed by atoms with Crippen LogP contribution in [-0.2, 0) is 19.6 Å². The summed E-state index contributed by atoms with van der Waals surface area (Å²) in [6.07, 6.45) is 0.285. The number of benzene rings is 1. The molecule has 146 valence electrons. The predicted octanol–water partition coefficient (Wildman–Crippen LogP) is 2.74. The number of carbonyl (C=O) groups is 2.